The summed E-state index contributed by atoms with van der Waals surface area (Å²) in [5.41, 5.74) is 1.86. The van der Waals surface area contributed by atoms with Crippen LogP contribution >= 0.6 is 11.6 Å². The summed E-state index contributed by atoms with van der Waals surface area (Å²) in [4.78, 5) is 31.4. The average Bonchev–Trinajstić information content (AvgIpc) is 3.18. The summed E-state index contributed by atoms with van der Waals surface area (Å²) in [7, 11) is 1.71. The van der Waals surface area contributed by atoms with Gasteiger partial charge in [0, 0.05) is 23.8 Å². The molecule has 1 aliphatic rings. The normalized spacial score (nSPS) is 13.4. The largest absolute Gasteiger partial charge is 0.268 e. The number of fused-ring (bicyclic) bond motifs is 3. The molecule has 4 aromatic rings. The first-order valence-electron chi connectivity index (χ1n) is 8.72. The van der Waals surface area contributed by atoms with Crippen LogP contribution in [0.4, 0.5) is 10.1 Å². The van der Waals surface area contributed by atoms with E-state index in [2.05, 4.69) is 10.1 Å². The Morgan fingerprint density at radius 2 is 1.72 bits per heavy atom. The Kier molecular flexibility index (Phi) is 3.75. The van der Waals surface area contributed by atoms with E-state index in [9.17, 15) is 14.0 Å². The van der Waals surface area contributed by atoms with Crippen molar-refractivity contribution in [3.8, 4) is 11.3 Å². The van der Waals surface area contributed by atoms with E-state index in [4.69, 9.17) is 11.6 Å². The van der Waals surface area contributed by atoms with Gasteiger partial charge >= 0.3 is 0 Å². The topological polar surface area (TPSA) is 68.1 Å². The first-order valence-corrected chi connectivity index (χ1v) is 9.10. The predicted octanol–water partition coefficient (Wildman–Crippen LogP) is 4.23. The summed E-state index contributed by atoms with van der Waals surface area (Å²) in [6, 6.07) is 12.6. The van der Waals surface area contributed by atoms with E-state index in [0.717, 1.165) is 10.5 Å². The molecule has 8 heteroatoms. The first kappa shape index (κ1) is 17.5. The highest BCUT2D eigenvalue weighted by molar-refractivity contribution is 6.38. The van der Waals surface area contributed by atoms with Crippen LogP contribution in [0.15, 0.2) is 54.7 Å². The maximum absolute atomic E-state index is 14.3. The number of aryl methyl sites for hydroxylation is 1. The van der Waals surface area contributed by atoms with Gasteiger partial charge in [-0.25, -0.2) is 19.0 Å². The zero-order chi connectivity index (χ0) is 20.3. The molecule has 3 heterocycles. The minimum absolute atomic E-state index is 0.0937. The number of para-hydroxylation sites is 1. The van der Waals surface area contributed by atoms with E-state index in [1.807, 2.05) is 0 Å². The van der Waals surface area contributed by atoms with Crippen LogP contribution in [0, 0.1) is 5.82 Å². The molecule has 29 heavy (non-hydrogen) atoms. The molecule has 2 aromatic carbocycles. The second kappa shape index (κ2) is 6.22. The van der Waals surface area contributed by atoms with Gasteiger partial charge in [-0.3, -0.25) is 9.59 Å². The number of amides is 2. The molecule has 5 rings (SSSR count). The van der Waals surface area contributed by atoms with Gasteiger partial charge < -0.3 is 0 Å². The van der Waals surface area contributed by atoms with Gasteiger partial charge in [0.15, 0.2) is 5.65 Å². The Hall–Kier alpha value is -3.58. The molecule has 2 aromatic heterocycles. The van der Waals surface area contributed by atoms with Gasteiger partial charge in [0.1, 0.15) is 11.5 Å². The van der Waals surface area contributed by atoms with Crippen molar-refractivity contribution in [3.05, 3.63) is 76.7 Å². The van der Waals surface area contributed by atoms with Gasteiger partial charge in [0.05, 0.1) is 22.2 Å². The molecule has 0 saturated heterocycles. The lowest BCUT2D eigenvalue weighted by molar-refractivity contribution is 0.0925. The van der Waals surface area contributed by atoms with Crippen molar-refractivity contribution in [1.29, 1.82) is 0 Å². The summed E-state index contributed by atoms with van der Waals surface area (Å²) in [6.07, 6.45) is 1.34. The fraction of sp³-hybridized carbons (Fsp3) is 0.0476. The number of aromatic nitrogens is 3. The van der Waals surface area contributed by atoms with Crippen LogP contribution in [0.5, 0.6) is 0 Å². The molecule has 6 nitrogen and oxygen atoms in total. The van der Waals surface area contributed by atoms with Gasteiger partial charge in [0.2, 0.25) is 0 Å². The molecule has 0 spiro atoms. The van der Waals surface area contributed by atoms with Gasteiger partial charge in [-0.1, -0.05) is 35.9 Å². The van der Waals surface area contributed by atoms with Crippen molar-refractivity contribution >= 4 is 40.1 Å². The Balaban J connectivity index is 1.78. The number of pyridine rings is 1. The highest BCUT2D eigenvalue weighted by atomic mass is 35.5. The van der Waals surface area contributed by atoms with Crippen LogP contribution in [0.2, 0.25) is 5.02 Å². The lowest BCUT2D eigenvalue weighted by Crippen LogP contribution is -2.30. The lowest BCUT2D eigenvalue weighted by Gasteiger charge is -2.14. The molecule has 0 radical (unpaired) electrons. The zero-order valence-corrected chi connectivity index (χ0v) is 15.8. The van der Waals surface area contributed by atoms with Crippen molar-refractivity contribution in [2.45, 2.75) is 0 Å². The molecule has 0 fully saturated rings. The molecule has 2 amide bonds. The molecule has 0 unspecified atom stereocenters. The highest BCUT2D eigenvalue weighted by Gasteiger charge is 2.41. The Morgan fingerprint density at radius 1 is 1.00 bits per heavy atom. The fourth-order valence-electron chi connectivity index (χ4n) is 3.59. The summed E-state index contributed by atoms with van der Waals surface area (Å²) in [5.74, 6) is -1.88. The molecule has 0 atom stereocenters. The van der Waals surface area contributed by atoms with E-state index in [0.29, 0.717) is 21.7 Å². The summed E-state index contributed by atoms with van der Waals surface area (Å²) in [5, 5.41) is 5.51. The quantitative estimate of drug-likeness (QED) is 0.467. The van der Waals surface area contributed by atoms with Gasteiger partial charge in [-0.15, -0.1) is 0 Å². The van der Waals surface area contributed by atoms with Crippen LogP contribution in [0.3, 0.4) is 0 Å². The number of hydrogen-bond acceptors (Lipinski definition) is 4. The summed E-state index contributed by atoms with van der Waals surface area (Å²) < 4.78 is 15.9. The standard InChI is InChI=1S/C21H12ClFN4O2/c1-26-19-17(18(25-26)11-6-8-12(22)9-7-11)16-13(10-24-19)20(28)27(21(16)29)15-5-3-2-4-14(15)23/h2-10H,1H3. The maximum Gasteiger partial charge on any atom is 0.267 e. The summed E-state index contributed by atoms with van der Waals surface area (Å²) >= 11 is 5.98. The van der Waals surface area contributed by atoms with Gasteiger partial charge in [-0.05, 0) is 24.3 Å². The van der Waals surface area contributed by atoms with Crippen molar-refractivity contribution in [2.24, 2.45) is 7.05 Å². The maximum atomic E-state index is 14.3. The fourth-order valence-corrected chi connectivity index (χ4v) is 3.71. The Morgan fingerprint density at radius 3 is 2.45 bits per heavy atom. The molecule has 142 valence electrons. The van der Waals surface area contributed by atoms with Crippen molar-refractivity contribution in [1.82, 2.24) is 14.8 Å². The van der Waals surface area contributed by atoms with Crippen LogP contribution < -0.4 is 4.90 Å². The third-order valence-corrected chi connectivity index (χ3v) is 5.17. The first-order chi connectivity index (χ1) is 14.0. The number of hydrogen-bond donors (Lipinski definition) is 0. The number of rotatable bonds is 2. The third-order valence-electron chi connectivity index (χ3n) is 4.91. The molecule has 0 saturated carbocycles. The van der Waals surface area contributed by atoms with Crippen molar-refractivity contribution < 1.29 is 14.0 Å². The predicted molar refractivity (Wildman–Crippen MR) is 106 cm³/mol. The van der Waals surface area contributed by atoms with Crippen LogP contribution in [-0.4, -0.2) is 26.6 Å². The molecule has 0 aliphatic carbocycles. The van der Waals surface area contributed by atoms with E-state index in [1.54, 1.807) is 42.1 Å². The number of carbonyl (C=O) groups excluding carboxylic acids is 2. The average molecular weight is 407 g/mol. The second-order valence-corrected chi connectivity index (χ2v) is 7.06. The van der Waals surface area contributed by atoms with E-state index >= 15 is 0 Å². The highest BCUT2D eigenvalue weighted by Crippen LogP contribution is 2.37. The number of imide groups is 1. The number of nitrogens with zero attached hydrogens (tertiary/aromatic N) is 4. The number of anilines is 1. The van der Waals surface area contributed by atoms with E-state index in [-0.39, 0.29) is 16.8 Å². The Bertz CT molecular complexity index is 1330. The Labute approximate surface area is 169 Å². The minimum atomic E-state index is -0.657. The monoisotopic (exact) mass is 406 g/mol. The van der Waals surface area contributed by atoms with Crippen LogP contribution in [0.1, 0.15) is 20.7 Å². The van der Waals surface area contributed by atoms with Crippen LogP contribution in [0.25, 0.3) is 22.3 Å². The van der Waals surface area contributed by atoms with Gasteiger partial charge in [-0.2, -0.15) is 5.10 Å². The number of benzene rings is 2. The molecular formula is C21H12ClFN4O2. The molecule has 1 aliphatic heterocycles. The summed E-state index contributed by atoms with van der Waals surface area (Å²) in [6.45, 7) is 0. The third kappa shape index (κ3) is 2.48. The van der Waals surface area contributed by atoms with Gasteiger partial charge in [0.25, 0.3) is 11.8 Å². The second-order valence-electron chi connectivity index (χ2n) is 6.62. The molecular weight excluding hydrogens is 395 g/mol. The van der Waals surface area contributed by atoms with Crippen molar-refractivity contribution in [2.75, 3.05) is 4.90 Å². The minimum Gasteiger partial charge on any atom is -0.268 e. The number of carbonyl (C=O) groups is 2. The zero-order valence-electron chi connectivity index (χ0n) is 15.1. The lowest BCUT2D eigenvalue weighted by atomic mass is 10.0. The van der Waals surface area contributed by atoms with E-state index in [1.165, 1.54) is 24.4 Å². The number of halogens is 2. The molecule has 0 bridgehead atoms. The van der Waals surface area contributed by atoms with E-state index < -0.39 is 17.6 Å². The van der Waals surface area contributed by atoms with Crippen molar-refractivity contribution in [3.63, 3.8) is 0 Å². The van der Waals surface area contributed by atoms with Crippen LogP contribution in [-0.2, 0) is 7.05 Å². The molecule has 0 N–H and O–H groups in total. The SMILES string of the molecule is Cn1nc(-c2ccc(Cl)cc2)c2c3c(cnc21)C(=O)N(c1ccccc1F)C3=O. The smallest absolute Gasteiger partial charge is 0.267 e.